The highest BCUT2D eigenvalue weighted by Crippen LogP contribution is 2.17. The van der Waals surface area contributed by atoms with Gasteiger partial charge >= 0.3 is 0 Å². The van der Waals surface area contributed by atoms with Crippen molar-refractivity contribution in [2.24, 2.45) is 0 Å². The van der Waals surface area contributed by atoms with Crippen molar-refractivity contribution in [2.75, 3.05) is 6.61 Å². The first kappa shape index (κ1) is 15.7. The molecule has 6 heteroatoms. The van der Waals surface area contributed by atoms with Crippen molar-refractivity contribution in [3.63, 3.8) is 0 Å². The quantitative estimate of drug-likeness (QED) is 0.757. The number of carbonyl (C=O) groups excluding carboxylic acids is 1. The van der Waals surface area contributed by atoms with E-state index in [1.165, 1.54) is 0 Å². The number of pyridine rings is 1. The van der Waals surface area contributed by atoms with Gasteiger partial charge in [-0.1, -0.05) is 18.2 Å². The maximum Gasteiger partial charge on any atom is 0.255 e. The Labute approximate surface area is 140 Å². The number of imidazole rings is 1. The second-order valence-electron chi connectivity index (χ2n) is 5.11. The van der Waals surface area contributed by atoms with E-state index in [1.807, 2.05) is 42.0 Å². The van der Waals surface area contributed by atoms with E-state index >= 15 is 0 Å². The predicted molar refractivity (Wildman–Crippen MR) is 90.1 cm³/mol. The Morgan fingerprint density at radius 3 is 2.83 bits per heavy atom. The molecule has 1 aromatic carbocycles. The summed E-state index contributed by atoms with van der Waals surface area (Å²) in [7, 11) is 0. The third kappa shape index (κ3) is 3.60. The van der Waals surface area contributed by atoms with Crippen molar-refractivity contribution in [3.8, 4) is 11.6 Å². The lowest BCUT2D eigenvalue weighted by molar-refractivity contribution is 0.0947. The zero-order valence-corrected chi connectivity index (χ0v) is 13.3. The Hall–Kier alpha value is -3.15. The van der Waals surface area contributed by atoms with Gasteiger partial charge in [0.15, 0.2) is 0 Å². The Morgan fingerprint density at radius 1 is 1.25 bits per heavy atom. The summed E-state index contributed by atoms with van der Waals surface area (Å²) in [5, 5.41) is 2.89. The second-order valence-corrected chi connectivity index (χ2v) is 5.11. The van der Waals surface area contributed by atoms with Gasteiger partial charge in [-0.3, -0.25) is 9.36 Å². The minimum absolute atomic E-state index is 0.169. The van der Waals surface area contributed by atoms with Crippen LogP contribution in [0.1, 0.15) is 22.8 Å². The largest absolute Gasteiger partial charge is 0.493 e. The van der Waals surface area contributed by atoms with Gasteiger partial charge in [0.2, 0.25) is 0 Å². The third-order valence-corrected chi connectivity index (χ3v) is 3.46. The zero-order chi connectivity index (χ0) is 16.8. The highest BCUT2D eigenvalue weighted by Gasteiger charge is 2.11. The lowest BCUT2D eigenvalue weighted by Crippen LogP contribution is -2.23. The molecule has 0 fully saturated rings. The SMILES string of the molecule is CCOc1ccccc1C(=O)NCc1ccc(-n2ccnc2)nc1. The molecule has 0 radical (unpaired) electrons. The zero-order valence-electron chi connectivity index (χ0n) is 13.3. The van der Waals surface area contributed by atoms with Crippen LogP contribution in [-0.4, -0.2) is 27.0 Å². The van der Waals surface area contributed by atoms with Gasteiger partial charge in [-0.25, -0.2) is 9.97 Å². The molecule has 0 unspecified atom stereocenters. The molecule has 0 bridgehead atoms. The molecule has 1 amide bonds. The molecule has 6 nitrogen and oxygen atoms in total. The van der Waals surface area contributed by atoms with E-state index in [1.54, 1.807) is 30.9 Å². The highest BCUT2D eigenvalue weighted by molar-refractivity contribution is 5.96. The van der Waals surface area contributed by atoms with E-state index in [0.29, 0.717) is 24.5 Å². The number of benzene rings is 1. The summed E-state index contributed by atoms with van der Waals surface area (Å²) in [5.74, 6) is 1.20. The van der Waals surface area contributed by atoms with Crippen molar-refractivity contribution in [1.82, 2.24) is 19.9 Å². The summed E-state index contributed by atoms with van der Waals surface area (Å²) in [6.45, 7) is 2.81. The lowest BCUT2D eigenvalue weighted by atomic mass is 10.2. The molecule has 0 saturated carbocycles. The Kier molecular flexibility index (Phi) is 4.86. The summed E-state index contributed by atoms with van der Waals surface area (Å²) in [4.78, 5) is 20.7. The fourth-order valence-corrected chi connectivity index (χ4v) is 2.28. The monoisotopic (exact) mass is 322 g/mol. The van der Waals surface area contributed by atoms with Crippen LogP contribution in [0, 0.1) is 0 Å². The molecule has 0 atom stereocenters. The van der Waals surface area contributed by atoms with Gasteiger partial charge in [0, 0.05) is 25.1 Å². The van der Waals surface area contributed by atoms with Crippen LogP contribution in [0.5, 0.6) is 5.75 Å². The van der Waals surface area contributed by atoms with E-state index in [4.69, 9.17) is 4.74 Å². The highest BCUT2D eigenvalue weighted by atomic mass is 16.5. The van der Waals surface area contributed by atoms with Crippen molar-refractivity contribution >= 4 is 5.91 Å². The number of aromatic nitrogens is 3. The summed E-state index contributed by atoms with van der Waals surface area (Å²) < 4.78 is 7.31. The van der Waals surface area contributed by atoms with E-state index in [2.05, 4.69) is 15.3 Å². The molecule has 3 rings (SSSR count). The maximum absolute atomic E-state index is 12.3. The Balaban J connectivity index is 1.64. The Bertz CT molecular complexity index is 798. The molecule has 0 aliphatic rings. The lowest BCUT2D eigenvalue weighted by Gasteiger charge is -2.10. The number of hydrogen-bond donors (Lipinski definition) is 1. The van der Waals surface area contributed by atoms with Gasteiger partial charge in [-0.05, 0) is 30.7 Å². The van der Waals surface area contributed by atoms with Crippen molar-refractivity contribution in [2.45, 2.75) is 13.5 Å². The van der Waals surface area contributed by atoms with Gasteiger partial charge in [-0.15, -0.1) is 0 Å². The van der Waals surface area contributed by atoms with E-state index in [9.17, 15) is 4.79 Å². The molecule has 1 N–H and O–H groups in total. The summed E-state index contributed by atoms with van der Waals surface area (Å²) in [6.07, 6.45) is 6.96. The Morgan fingerprint density at radius 2 is 2.12 bits per heavy atom. The van der Waals surface area contributed by atoms with Gasteiger partial charge in [-0.2, -0.15) is 0 Å². The third-order valence-electron chi connectivity index (χ3n) is 3.46. The fraction of sp³-hybridized carbons (Fsp3) is 0.167. The minimum atomic E-state index is -0.169. The molecule has 2 aromatic heterocycles. The normalized spacial score (nSPS) is 10.4. The number of nitrogens with zero attached hydrogens (tertiary/aromatic N) is 3. The first-order valence-corrected chi connectivity index (χ1v) is 7.71. The van der Waals surface area contributed by atoms with Gasteiger partial charge in [0.05, 0.1) is 12.2 Å². The number of ether oxygens (including phenoxy) is 1. The molecule has 24 heavy (non-hydrogen) atoms. The van der Waals surface area contributed by atoms with Crippen molar-refractivity contribution < 1.29 is 9.53 Å². The fourth-order valence-electron chi connectivity index (χ4n) is 2.28. The van der Waals surface area contributed by atoms with E-state index < -0.39 is 0 Å². The number of hydrogen-bond acceptors (Lipinski definition) is 4. The number of nitrogens with one attached hydrogen (secondary N) is 1. The van der Waals surface area contributed by atoms with Crippen LogP contribution in [0.4, 0.5) is 0 Å². The number of amides is 1. The van der Waals surface area contributed by atoms with Crippen LogP contribution in [0.15, 0.2) is 61.3 Å². The smallest absolute Gasteiger partial charge is 0.255 e. The molecule has 2 heterocycles. The standard InChI is InChI=1S/C18H18N4O2/c1-2-24-16-6-4-3-5-15(16)18(23)21-12-14-7-8-17(20-11-14)22-10-9-19-13-22/h3-11,13H,2,12H2,1H3,(H,21,23). The van der Waals surface area contributed by atoms with Crippen LogP contribution in [0.2, 0.25) is 0 Å². The molecule has 0 saturated heterocycles. The van der Waals surface area contributed by atoms with Crippen LogP contribution in [0.25, 0.3) is 5.82 Å². The summed E-state index contributed by atoms with van der Waals surface area (Å²) in [6, 6.07) is 11.0. The molecule has 0 aliphatic heterocycles. The van der Waals surface area contributed by atoms with E-state index in [-0.39, 0.29) is 5.91 Å². The predicted octanol–water partition coefficient (Wildman–Crippen LogP) is 2.60. The maximum atomic E-state index is 12.3. The summed E-state index contributed by atoms with van der Waals surface area (Å²) in [5.41, 5.74) is 1.45. The van der Waals surface area contributed by atoms with E-state index in [0.717, 1.165) is 11.4 Å². The molecule has 122 valence electrons. The minimum Gasteiger partial charge on any atom is -0.493 e. The van der Waals surface area contributed by atoms with Crippen molar-refractivity contribution in [3.05, 3.63) is 72.4 Å². The van der Waals surface area contributed by atoms with Crippen LogP contribution >= 0.6 is 0 Å². The molecular formula is C18H18N4O2. The topological polar surface area (TPSA) is 69.0 Å². The van der Waals surface area contributed by atoms with Gasteiger partial charge < -0.3 is 10.1 Å². The summed E-state index contributed by atoms with van der Waals surface area (Å²) >= 11 is 0. The molecule has 3 aromatic rings. The van der Waals surface area contributed by atoms with Crippen LogP contribution < -0.4 is 10.1 Å². The average Bonchev–Trinajstić information content (AvgIpc) is 3.15. The second kappa shape index (κ2) is 7.41. The van der Waals surface area contributed by atoms with Crippen LogP contribution in [0.3, 0.4) is 0 Å². The number of para-hydroxylation sites is 1. The number of carbonyl (C=O) groups is 1. The molecule has 0 aliphatic carbocycles. The van der Waals surface area contributed by atoms with Gasteiger partial charge in [0.1, 0.15) is 17.9 Å². The molecular weight excluding hydrogens is 304 g/mol. The average molecular weight is 322 g/mol. The number of rotatable bonds is 6. The first-order valence-electron chi connectivity index (χ1n) is 7.71. The van der Waals surface area contributed by atoms with Crippen LogP contribution in [-0.2, 0) is 6.54 Å². The molecule has 0 spiro atoms. The van der Waals surface area contributed by atoms with Crippen molar-refractivity contribution in [1.29, 1.82) is 0 Å². The first-order chi connectivity index (χ1) is 11.8. The van der Waals surface area contributed by atoms with Gasteiger partial charge in [0.25, 0.3) is 5.91 Å².